The molecule has 0 amide bonds. The van der Waals surface area contributed by atoms with E-state index in [1.54, 1.807) is 8.35 Å². The summed E-state index contributed by atoms with van der Waals surface area (Å²) in [5.41, 5.74) is 0. The molecule has 0 aromatic carbocycles. The topological polar surface area (TPSA) is 6.48 Å². The van der Waals surface area contributed by atoms with Gasteiger partial charge >= 0.3 is 137 Å². The van der Waals surface area contributed by atoms with Gasteiger partial charge in [0.05, 0.1) is 0 Å². The number of hydrogen-bond acceptors (Lipinski definition) is 2. The first-order valence-electron chi connectivity index (χ1n) is 8.95. The maximum atomic E-state index is 2.63. The summed E-state index contributed by atoms with van der Waals surface area (Å²) in [4.78, 5) is 5.09. The van der Waals surface area contributed by atoms with E-state index in [0.717, 1.165) is 3.67 Å². The van der Waals surface area contributed by atoms with Crippen LogP contribution in [0.25, 0.3) is 0 Å². The van der Waals surface area contributed by atoms with Crippen molar-refractivity contribution in [3.63, 3.8) is 0 Å². The molecule has 0 aromatic rings. The van der Waals surface area contributed by atoms with Gasteiger partial charge in [-0.15, -0.1) is 0 Å². The minimum absolute atomic E-state index is 1.05. The second kappa shape index (κ2) is 13.5. The van der Waals surface area contributed by atoms with Crippen LogP contribution in [-0.4, -0.2) is 71.0 Å². The summed E-state index contributed by atoms with van der Waals surface area (Å²) < 4.78 is 4.28. The van der Waals surface area contributed by atoms with E-state index >= 15 is 0 Å². The van der Waals surface area contributed by atoms with Gasteiger partial charge in [0.15, 0.2) is 0 Å². The fraction of sp³-hybridized carbons (Fsp3) is 1.00. The van der Waals surface area contributed by atoms with Crippen LogP contribution < -0.4 is 0 Å². The Labute approximate surface area is 136 Å². The van der Waals surface area contributed by atoms with Crippen molar-refractivity contribution < 1.29 is 0 Å². The van der Waals surface area contributed by atoms with Crippen LogP contribution in [0.1, 0.15) is 53.9 Å². The molecular weight excluding hydrogens is 347 g/mol. The number of rotatable bonds is 13. The fourth-order valence-corrected chi connectivity index (χ4v) is 11.6. The van der Waals surface area contributed by atoms with Gasteiger partial charge in [-0.3, -0.25) is 0 Å². The van der Waals surface area contributed by atoms with E-state index in [1.807, 2.05) is 0 Å². The average molecular weight is 386 g/mol. The third-order valence-corrected chi connectivity index (χ3v) is 16.6. The quantitative estimate of drug-likeness (QED) is 0.464. The van der Waals surface area contributed by atoms with E-state index in [9.17, 15) is 0 Å². The number of hydrogen-bond donors (Lipinski definition) is 0. The summed E-state index contributed by atoms with van der Waals surface area (Å²) in [6, 6.07) is 0. The summed E-state index contributed by atoms with van der Waals surface area (Å²) in [6.45, 7) is 18.2. The molecule has 120 valence electrons. The third kappa shape index (κ3) is 10.5. The molecule has 0 aliphatic carbocycles. The van der Waals surface area contributed by atoms with Crippen molar-refractivity contribution >= 4 is 21.4 Å². The molecule has 0 saturated carbocycles. The Morgan fingerprint density at radius 2 is 1.45 bits per heavy atom. The molecule has 0 spiro atoms. The van der Waals surface area contributed by atoms with Crippen LogP contribution in [0.2, 0.25) is 12.0 Å². The van der Waals surface area contributed by atoms with E-state index in [4.69, 9.17) is 0 Å². The Morgan fingerprint density at radius 1 is 0.850 bits per heavy atom. The molecule has 0 N–H and O–H groups in total. The van der Waals surface area contributed by atoms with Gasteiger partial charge in [0.25, 0.3) is 0 Å². The van der Waals surface area contributed by atoms with Crippen LogP contribution in [0.15, 0.2) is 0 Å². The molecule has 0 fully saturated rings. The summed E-state index contributed by atoms with van der Waals surface area (Å²) in [5, 5.41) is 0. The monoisotopic (exact) mass is 386 g/mol. The third-order valence-electron chi connectivity index (χ3n) is 4.63. The summed E-state index contributed by atoms with van der Waals surface area (Å²) >= 11 is -1.26. The SMILES string of the molecule is CCCN(CC)CC[CH2][In]([CH2]CCN(C)CC)[CH](C)C. The standard InChI is InChI=1S/C8H18N.C6H14N.C3H7.In/c1-4-7-9(6-3)8-5-2;1-4-6-7(3)5-2;1-3-2;/h1,4-8H2,2-3H3;1,4-6H2,2-3H3;3H,1-2H3;. The molecule has 0 atom stereocenters. The maximum absolute atomic E-state index is 2.63. The van der Waals surface area contributed by atoms with E-state index in [2.05, 4.69) is 51.5 Å². The van der Waals surface area contributed by atoms with Crippen molar-refractivity contribution in [2.75, 3.05) is 39.8 Å². The molecule has 0 saturated heterocycles. The minimum atomic E-state index is -1.26. The van der Waals surface area contributed by atoms with Crippen molar-refractivity contribution in [3.05, 3.63) is 0 Å². The molecule has 20 heavy (non-hydrogen) atoms. The van der Waals surface area contributed by atoms with Crippen LogP contribution in [0.5, 0.6) is 0 Å². The number of nitrogens with zero attached hydrogens (tertiary/aromatic N) is 2. The van der Waals surface area contributed by atoms with Gasteiger partial charge in [-0.25, -0.2) is 0 Å². The first kappa shape index (κ1) is 20.8. The van der Waals surface area contributed by atoms with Crippen LogP contribution >= 0.6 is 0 Å². The van der Waals surface area contributed by atoms with Crippen LogP contribution in [0, 0.1) is 0 Å². The zero-order valence-corrected chi connectivity index (χ0v) is 18.4. The molecular formula is C17H39InN2. The Hall–Kier alpha value is 0.790. The zero-order chi connectivity index (χ0) is 15.4. The van der Waals surface area contributed by atoms with Crippen molar-refractivity contribution in [3.8, 4) is 0 Å². The predicted molar refractivity (Wildman–Crippen MR) is 95.3 cm³/mol. The second-order valence-electron chi connectivity index (χ2n) is 6.62. The van der Waals surface area contributed by atoms with Gasteiger partial charge in [-0.1, -0.05) is 0 Å². The Morgan fingerprint density at radius 3 is 1.90 bits per heavy atom. The zero-order valence-electron chi connectivity index (χ0n) is 15.1. The first-order chi connectivity index (χ1) is 9.54. The molecule has 0 aliphatic rings. The molecule has 0 rings (SSSR count). The summed E-state index contributed by atoms with van der Waals surface area (Å²) in [6.07, 6.45) is 4.22. The van der Waals surface area contributed by atoms with Gasteiger partial charge in [0.2, 0.25) is 0 Å². The van der Waals surface area contributed by atoms with Gasteiger partial charge in [-0.2, -0.15) is 0 Å². The van der Waals surface area contributed by atoms with Gasteiger partial charge in [0, 0.05) is 0 Å². The van der Waals surface area contributed by atoms with Crippen LogP contribution in [-0.2, 0) is 0 Å². The average Bonchev–Trinajstić information content (AvgIpc) is 2.43. The molecule has 0 aliphatic heterocycles. The summed E-state index contributed by atoms with van der Waals surface area (Å²) in [5.74, 6) is 0. The van der Waals surface area contributed by atoms with E-state index in [0.29, 0.717) is 0 Å². The molecule has 0 radical (unpaired) electrons. The van der Waals surface area contributed by atoms with E-state index in [1.165, 1.54) is 52.0 Å². The van der Waals surface area contributed by atoms with Crippen molar-refractivity contribution in [2.45, 2.75) is 65.9 Å². The molecule has 3 heteroatoms. The van der Waals surface area contributed by atoms with Gasteiger partial charge in [-0.05, 0) is 0 Å². The van der Waals surface area contributed by atoms with Crippen molar-refractivity contribution in [1.29, 1.82) is 0 Å². The first-order valence-corrected chi connectivity index (χ1v) is 15.5. The molecule has 0 unspecified atom stereocenters. The van der Waals surface area contributed by atoms with E-state index < -0.39 is 21.4 Å². The fourth-order valence-electron chi connectivity index (χ4n) is 2.91. The normalized spacial score (nSPS) is 11.8. The molecule has 0 heterocycles. The summed E-state index contributed by atoms with van der Waals surface area (Å²) in [7, 11) is 2.25. The van der Waals surface area contributed by atoms with Gasteiger partial charge in [0.1, 0.15) is 0 Å². The second-order valence-corrected chi connectivity index (χ2v) is 18.1. The van der Waals surface area contributed by atoms with E-state index in [-0.39, 0.29) is 0 Å². The predicted octanol–water partition coefficient (Wildman–Crippen LogP) is 4.36. The van der Waals surface area contributed by atoms with Crippen LogP contribution in [0.4, 0.5) is 0 Å². The Balaban J connectivity index is 3.90. The van der Waals surface area contributed by atoms with Crippen molar-refractivity contribution in [1.82, 2.24) is 9.80 Å². The molecule has 0 bridgehead atoms. The molecule has 2 nitrogen and oxygen atoms in total. The Kier molecular flexibility index (Phi) is 14.0. The molecule has 0 aromatic heterocycles. The van der Waals surface area contributed by atoms with Gasteiger partial charge < -0.3 is 0 Å². The van der Waals surface area contributed by atoms with Crippen molar-refractivity contribution in [2.24, 2.45) is 0 Å². The Bertz CT molecular complexity index is 209. The van der Waals surface area contributed by atoms with Crippen LogP contribution in [0.3, 0.4) is 0 Å².